The van der Waals surface area contributed by atoms with Crippen LogP contribution in [0.1, 0.15) is 20.8 Å². The molecule has 14 heavy (non-hydrogen) atoms. The fourth-order valence-corrected chi connectivity index (χ4v) is 0.732. The van der Waals surface area contributed by atoms with Crippen molar-refractivity contribution in [3.63, 3.8) is 0 Å². The van der Waals surface area contributed by atoms with Gasteiger partial charge < -0.3 is 20.3 Å². The number of nitrogens with two attached hydrogens (primary N) is 1. The third-order valence-corrected chi connectivity index (χ3v) is 1.22. The van der Waals surface area contributed by atoms with Crippen molar-refractivity contribution in [3.8, 4) is 0 Å². The Morgan fingerprint density at radius 3 is 2.07 bits per heavy atom. The van der Waals surface area contributed by atoms with Crippen LogP contribution >= 0.6 is 0 Å². The Kier molecular flexibility index (Phi) is 11.9. The zero-order valence-corrected chi connectivity index (χ0v) is 9.78. The van der Waals surface area contributed by atoms with E-state index in [2.05, 4.69) is 4.74 Å². The molecule has 0 bridgehead atoms. The number of rotatable bonds is 4. The number of ether oxygens (including phenoxy) is 2. The Hall–Kier alpha value is -0.580. The van der Waals surface area contributed by atoms with Crippen LogP contribution in [0.25, 0.3) is 0 Å². The minimum absolute atomic E-state index is 0.0770. The lowest BCUT2D eigenvalue weighted by Gasteiger charge is -2.17. The van der Waals surface area contributed by atoms with Crippen molar-refractivity contribution >= 4 is 0 Å². The molecule has 0 aromatic heterocycles. The van der Waals surface area contributed by atoms with E-state index in [1.54, 1.807) is 20.3 Å². The summed E-state index contributed by atoms with van der Waals surface area (Å²) < 4.78 is 9.58. The highest BCUT2D eigenvalue weighted by Crippen LogP contribution is 2.05. The van der Waals surface area contributed by atoms with Crippen molar-refractivity contribution in [2.24, 2.45) is 5.73 Å². The van der Waals surface area contributed by atoms with Gasteiger partial charge >= 0.3 is 0 Å². The van der Waals surface area contributed by atoms with Gasteiger partial charge in [-0.05, 0) is 26.8 Å². The van der Waals surface area contributed by atoms with E-state index < -0.39 is 0 Å². The molecule has 0 amide bonds. The van der Waals surface area contributed by atoms with Crippen LogP contribution in [0.4, 0.5) is 0 Å². The number of aliphatic hydroxyl groups excluding tert-OH is 1. The standard InChI is InChI=1S/C8H17NO2.C2H6O/c1-4-8(7(9)5-10)11-6(2)3;1-3-2/h4,6-7,10H,5,9H2,1-3H3;1-2H3/b8-4-;/t7-;/m0./s1. The molecule has 1 atom stereocenters. The Morgan fingerprint density at radius 1 is 1.43 bits per heavy atom. The van der Waals surface area contributed by atoms with E-state index in [0.717, 1.165) is 0 Å². The van der Waals surface area contributed by atoms with E-state index >= 15 is 0 Å². The van der Waals surface area contributed by atoms with Gasteiger partial charge in [0.15, 0.2) is 0 Å². The van der Waals surface area contributed by atoms with Crippen molar-refractivity contribution in [3.05, 3.63) is 11.8 Å². The Bertz CT molecular complexity index is 146. The molecule has 86 valence electrons. The lowest BCUT2D eigenvalue weighted by atomic mass is 10.2. The topological polar surface area (TPSA) is 64.7 Å². The van der Waals surface area contributed by atoms with Gasteiger partial charge in [-0.3, -0.25) is 0 Å². The fourth-order valence-electron chi connectivity index (χ4n) is 0.732. The van der Waals surface area contributed by atoms with Crippen LogP contribution in [-0.2, 0) is 9.47 Å². The third-order valence-electron chi connectivity index (χ3n) is 1.22. The first-order valence-corrected chi connectivity index (χ1v) is 4.62. The maximum Gasteiger partial charge on any atom is 0.111 e. The highest BCUT2D eigenvalue weighted by atomic mass is 16.5. The minimum atomic E-state index is -0.387. The van der Waals surface area contributed by atoms with Crippen LogP contribution in [0.3, 0.4) is 0 Å². The van der Waals surface area contributed by atoms with Crippen LogP contribution in [0, 0.1) is 0 Å². The molecule has 0 heterocycles. The predicted octanol–water partition coefficient (Wildman–Crippen LogP) is 0.897. The number of hydrogen-bond acceptors (Lipinski definition) is 4. The molecule has 3 N–H and O–H groups in total. The van der Waals surface area contributed by atoms with Gasteiger partial charge in [0.1, 0.15) is 5.76 Å². The summed E-state index contributed by atoms with van der Waals surface area (Å²) in [5.74, 6) is 0.655. The summed E-state index contributed by atoms with van der Waals surface area (Å²) in [6.45, 7) is 5.61. The lowest BCUT2D eigenvalue weighted by Crippen LogP contribution is -2.29. The summed E-state index contributed by atoms with van der Waals surface area (Å²) in [5, 5.41) is 8.70. The smallest absolute Gasteiger partial charge is 0.111 e. The molecule has 0 saturated carbocycles. The molecule has 0 saturated heterocycles. The van der Waals surface area contributed by atoms with Crippen LogP contribution in [0.15, 0.2) is 11.8 Å². The third kappa shape index (κ3) is 9.51. The highest BCUT2D eigenvalue weighted by Gasteiger charge is 2.09. The molecular weight excluding hydrogens is 182 g/mol. The van der Waals surface area contributed by atoms with E-state index in [0.29, 0.717) is 5.76 Å². The van der Waals surface area contributed by atoms with Crippen LogP contribution in [0.2, 0.25) is 0 Å². The SMILES string of the molecule is C/C=C(\OC(C)C)[C@@H](N)CO.COC. The molecule has 4 heteroatoms. The maximum atomic E-state index is 8.70. The van der Waals surface area contributed by atoms with Crippen molar-refractivity contribution in [1.82, 2.24) is 0 Å². The van der Waals surface area contributed by atoms with Crippen molar-refractivity contribution in [1.29, 1.82) is 0 Å². The number of aliphatic hydroxyl groups is 1. The van der Waals surface area contributed by atoms with Crippen LogP contribution in [-0.4, -0.2) is 38.1 Å². The van der Waals surface area contributed by atoms with Gasteiger partial charge in [0, 0.05) is 14.2 Å². The zero-order chi connectivity index (χ0) is 11.6. The van der Waals surface area contributed by atoms with Crippen LogP contribution < -0.4 is 5.73 Å². The van der Waals surface area contributed by atoms with E-state index in [1.165, 1.54) is 0 Å². The molecule has 0 aromatic rings. The second-order valence-electron chi connectivity index (χ2n) is 3.05. The number of allylic oxidation sites excluding steroid dienone is 1. The molecule has 4 nitrogen and oxygen atoms in total. The summed E-state index contributed by atoms with van der Waals surface area (Å²) in [6.07, 6.45) is 1.89. The quantitative estimate of drug-likeness (QED) is 0.669. The maximum absolute atomic E-state index is 8.70. The lowest BCUT2D eigenvalue weighted by molar-refractivity contribution is 0.119. The van der Waals surface area contributed by atoms with Gasteiger partial charge in [0.25, 0.3) is 0 Å². The fraction of sp³-hybridized carbons (Fsp3) is 0.800. The summed E-state index contributed by atoms with van der Waals surface area (Å²) in [7, 11) is 3.25. The molecule has 0 radical (unpaired) electrons. The van der Waals surface area contributed by atoms with E-state index in [1.807, 2.05) is 20.8 Å². The first-order chi connectivity index (χ1) is 6.53. The van der Waals surface area contributed by atoms with Gasteiger partial charge in [-0.25, -0.2) is 0 Å². The van der Waals surface area contributed by atoms with Gasteiger partial charge in [-0.1, -0.05) is 0 Å². The first-order valence-electron chi connectivity index (χ1n) is 4.62. The summed E-state index contributed by atoms with van der Waals surface area (Å²) in [4.78, 5) is 0. The molecular formula is C10H23NO3. The molecule has 0 aliphatic carbocycles. The summed E-state index contributed by atoms with van der Waals surface area (Å²) >= 11 is 0. The van der Waals surface area contributed by atoms with Gasteiger partial charge in [0.2, 0.25) is 0 Å². The molecule has 0 fully saturated rings. The molecule has 0 aromatic carbocycles. The number of hydrogen-bond donors (Lipinski definition) is 2. The van der Waals surface area contributed by atoms with Gasteiger partial charge in [0.05, 0.1) is 18.8 Å². The van der Waals surface area contributed by atoms with Crippen LogP contribution in [0.5, 0.6) is 0 Å². The second-order valence-corrected chi connectivity index (χ2v) is 3.05. The zero-order valence-electron chi connectivity index (χ0n) is 9.78. The first kappa shape index (κ1) is 15.9. The van der Waals surface area contributed by atoms with Crippen molar-refractivity contribution in [2.75, 3.05) is 20.8 Å². The van der Waals surface area contributed by atoms with Crippen molar-refractivity contribution in [2.45, 2.75) is 32.9 Å². The monoisotopic (exact) mass is 205 g/mol. The minimum Gasteiger partial charge on any atom is -0.494 e. The average Bonchev–Trinajstić information content (AvgIpc) is 2.14. The average molecular weight is 205 g/mol. The van der Waals surface area contributed by atoms with Gasteiger partial charge in [-0.2, -0.15) is 0 Å². The van der Waals surface area contributed by atoms with E-state index in [-0.39, 0.29) is 18.8 Å². The second kappa shape index (κ2) is 10.5. The summed E-state index contributed by atoms with van der Waals surface area (Å²) in [6, 6.07) is -0.387. The van der Waals surface area contributed by atoms with Crippen molar-refractivity contribution < 1.29 is 14.6 Å². The Balaban J connectivity index is 0. The number of methoxy groups -OCH3 is 1. The molecule has 0 aliphatic rings. The van der Waals surface area contributed by atoms with E-state index in [9.17, 15) is 0 Å². The predicted molar refractivity (Wildman–Crippen MR) is 58.0 cm³/mol. The van der Waals surface area contributed by atoms with E-state index in [4.69, 9.17) is 15.6 Å². The summed E-state index contributed by atoms with van der Waals surface area (Å²) in [5.41, 5.74) is 5.53. The van der Waals surface area contributed by atoms with Gasteiger partial charge in [-0.15, -0.1) is 0 Å². The Morgan fingerprint density at radius 2 is 1.86 bits per heavy atom. The normalized spacial score (nSPS) is 13.3. The molecule has 0 aliphatic heterocycles. The largest absolute Gasteiger partial charge is 0.494 e. The molecule has 0 spiro atoms. The highest BCUT2D eigenvalue weighted by molar-refractivity contribution is 5.00. The Labute approximate surface area is 86.7 Å². The molecule has 0 rings (SSSR count). The molecule has 0 unspecified atom stereocenters.